The molecule has 2 aromatic carbocycles. The number of benzene rings is 2. The van der Waals surface area contributed by atoms with Crippen LogP contribution in [0.15, 0.2) is 53.4 Å². The molecule has 0 radical (unpaired) electrons. The van der Waals surface area contributed by atoms with Crippen LogP contribution in [0, 0.1) is 0 Å². The molecule has 1 fully saturated rings. The van der Waals surface area contributed by atoms with E-state index in [9.17, 15) is 18.0 Å². The smallest absolute Gasteiger partial charge is 0.318 e. The minimum Gasteiger partial charge on any atom is -0.318 e. The van der Waals surface area contributed by atoms with E-state index in [1.165, 1.54) is 24.3 Å². The zero-order chi connectivity index (χ0) is 18.5. The second kappa shape index (κ2) is 5.82. The number of nitrogens with one attached hydrogen (secondary N) is 1. The van der Waals surface area contributed by atoms with E-state index in [-0.39, 0.29) is 4.90 Å². The molecule has 1 atom stereocenters. The number of rotatable bonds is 2. The summed E-state index contributed by atoms with van der Waals surface area (Å²) in [7, 11) is -4.32. The van der Waals surface area contributed by atoms with Crippen LogP contribution < -0.4 is 5.32 Å². The van der Waals surface area contributed by atoms with E-state index in [0.29, 0.717) is 27.7 Å². The Morgan fingerprint density at radius 1 is 1.04 bits per heavy atom. The standard InChI is InChI=1S/C18H15ClN2O4S/c19-13-7-9-14(10-8-13)26(24,25)21-16(22)18(20-17(21)23)11-3-5-12-4-1-2-6-15(12)18/h1-2,4,6-10H,3,5,11H2,(H,20,23). The zero-order valence-corrected chi connectivity index (χ0v) is 15.2. The molecular weight excluding hydrogens is 376 g/mol. The van der Waals surface area contributed by atoms with Gasteiger partial charge in [-0.3, -0.25) is 4.79 Å². The van der Waals surface area contributed by atoms with Crippen molar-refractivity contribution in [3.05, 3.63) is 64.7 Å². The average Bonchev–Trinajstić information content (AvgIpc) is 2.87. The molecule has 6 nitrogen and oxygen atoms in total. The lowest BCUT2D eigenvalue weighted by Gasteiger charge is -2.33. The lowest BCUT2D eigenvalue weighted by Crippen LogP contribution is -2.47. The molecule has 0 aromatic heterocycles. The highest BCUT2D eigenvalue weighted by atomic mass is 35.5. The first-order valence-corrected chi connectivity index (χ1v) is 9.94. The molecule has 1 heterocycles. The van der Waals surface area contributed by atoms with Gasteiger partial charge in [0.1, 0.15) is 5.54 Å². The predicted octanol–water partition coefficient (Wildman–Crippen LogP) is 2.81. The Morgan fingerprint density at radius 2 is 1.73 bits per heavy atom. The minimum atomic E-state index is -4.32. The third-order valence-electron chi connectivity index (χ3n) is 4.88. The van der Waals surface area contributed by atoms with Crippen LogP contribution in [-0.4, -0.2) is 24.7 Å². The van der Waals surface area contributed by atoms with Gasteiger partial charge in [0.2, 0.25) is 0 Å². The van der Waals surface area contributed by atoms with Gasteiger partial charge in [-0.05, 0) is 54.7 Å². The largest absolute Gasteiger partial charge is 0.339 e. The van der Waals surface area contributed by atoms with Crippen LogP contribution in [0.25, 0.3) is 0 Å². The van der Waals surface area contributed by atoms with E-state index in [2.05, 4.69) is 5.32 Å². The van der Waals surface area contributed by atoms with Crippen LogP contribution in [0.3, 0.4) is 0 Å². The van der Waals surface area contributed by atoms with E-state index in [1.807, 2.05) is 12.1 Å². The number of hydrogen-bond acceptors (Lipinski definition) is 4. The second-order valence-electron chi connectivity index (χ2n) is 6.37. The number of imide groups is 1. The molecule has 1 aliphatic carbocycles. The van der Waals surface area contributed by atoms with E-state index < -0.39 is 27.5 Å². The molecule has 1 aliphatic heterocycles. The van der Waals surface area contributed by atoms with Gasteiger partial charge in [0.25, 0.3) is 15.9 Å². The normalized spacial score (nSPS) is 22.4. The molecule has 0 saturated carbocycles. The van der Waals surface area contributed by atoms with Crippen molar-refractivity contribution in [2.45, 2.75) is 29.7 Å². The molecule has 1 saturated heterocycles. The molecule has 2 aromatic rings. The number of fused-ring (bicyclic) bond motifs is 2. The van der Waals surface area contributed by atoms with E-state index >= 15 is 0 Å². The summed E-state index contributed by atoms with van der Waals surface area (Å²) in [5.74, 6) is -0.760. The highest BCUT2D eigenvalue weighted by molar-refractivity contribution is 7.90. The number of hydrogen-bond donors (Lipinski definition) is 1. The summed E-state index contributed by atoms with van der Waals surface area (Å²) in [4.78, 5) is 25.6. The fourth-order valence-electron chi connectivity index (χ4n) is 3.67. The third-order valence-corrected chi connectivity index (χ3v) is 6.81. The molecule has 8 heteroatoms. The number of halogens is 1. The molecule has 134 valence electrons. The van der Waals surface area contributed by atoms with Gasteiger partial charge in [0.15, 0.2) is 0 Å². The van der Waals surface area contributed by atoms with Gasteiger partial charge in [-0.25, -0.2) is 13.2 Å². The number of aryl methyl sites for hydroxylation is 1. The maximum atomic E-state index is 13.2. The van der Waals surface area contributed by atoms with E-state index in [1.54, 1.807) is 12.1 Å². The Balaban J connectivity index is 1.81. The van der Waals surface area contributed by atoms with Crippen LogP contribution in [0.1, 0.15) is 24.0 Å². The number of carbonyl (C=O) groups excluding carboxylic acids is 2. The van der Waals surface area contributed by atoms with Crippen LogP contribution >= 0.6 is 11.6 Å². The van der Waals surface area contributed by atoms with Gasteiger partial charge in [0, 0.05) is 5.02 Å². The van der Waals surface area contributed by atoms with Crippen molar-refractivity contribution in [1.29, 1.82) is 0 Å². The SMILES string of the molecule is O=C1NC2(CCCc3ccccc32)C(=O)N1S(=O)(=O)c1ccc(Cl)cc1. The topological polar surface area (TPSA) is 83.6 Å². The fraction of sp³-hybridized carbons (Fsp3) is 0.222. The van der Waals surface area contributed by atoms with E-state index in [4.69, 9.17) is 11.6 Å². The van der Waals surface area contributed by atoms with Crippen molar-refractivity contribution in [1.82, 2.24) is 9.62 Å². The van der Waals surface area contributed by atoms with E-state index in [0.717, 1.165) is 12.0 Å². The Bertz CT molecular complexity index is 1020. The van der Waals surface area contributed by atoms with Crippen molar-refractivity contribution in [3.8, 4) is 0 Å². The summed E-state index contributed by atoms with van der Waals surface area (Å²) < 4.78 is 26.2. The molecule has 0 bridgehead atoms. The molecular formula is C18H15ClN2O4S. The number of carbonyl (C=O) groups is 2. The molecule has 4 rings (SSSR count). The molecule has 1 unspecified atom stereocenters. The van der Waals surface area contributed by atoms with Crippen molar-refractivity contribution >= 4 is 33.6 Å². The molecule has 1 N–H and O–H groups in total. The fourth-order valence-corrected chi connectivity index (χ4v) is 5.12. The third kappa shape index (κ3) is 2.34. The summed E-state index contributed by atoms with van der Waals surface area (Å²) >= 11 is 5.80. The Labute approximate surface area is 155 Å². The highest BCUT2D eigenvalue weighted by Crippen LogP contribution is 2.41. The Morgan fingerprint density at radius 3 is 2.46 bits per heavy atom. The minimum absolute atomic E-state index is 0.161. The highest BCUT2D eigenvalue weighted by Gasteiger charge is 2.57. The average molecular weight is 391 g/mol. The van der Waals surface area contributed by atoms with Crippen LogP contribution in [0.2, 0.25) is 5.02 Å². The first-order chi connectivity index (χ1) is 12.4. The maximum Gasteiger partial charge on any atom is 0.339 e. The van der Waals surface area contributed by atoms with Crippen LogP contribution in [-0.2, 0) is 26.8 Å². The second-order valence-corrected chi connectivity index (χ2v) is 8.60. The number of amides is 3. The maximum absolute atomic E-state index is 13.2. The zero-order valence-electron chi connectivity index (χ0n) is 13.6. The first kappa shape index (κ1) is 17.1. The van der Waals surface area contributed by atoms with Crippen molar-refractivity contribution in [2.24, 2.45) is 0 Å². The Hall–Kier alpha value is -2.38. The molecule has 2 aliphatic rings. The van der Waals surface area contributed by atoms with Gasteiger partial charge < -0.3 is 5.32 Å². The van der Waals surface area contributed by atoms with Gasteiger partial charge in [-0.15, -0.1) is 4.31 Å². The summed E-state index contributed by atoms with van der Waals surface area (Å²) in [6.07, 6.45) is 1.82. The van der Waals surface area contributed by atoms with Crippen molar-refractivity contribution in [3.63, 3.8) is 0 Å². The number of nitrogens with zero attached hydrogens (tertiary/aromatic N) is 1. The van der Waals surface area contributed by atoms with Crippen molar-refractivity contribution < 1.29 is 18.0 Å². The predicted molar refractivity (Wildman–Crippen MR) is 95.1 cm³/mol. The van der Waals surface area contributed by atoms with Crippen LogP contribution in [0.4, 0.5) is 4.79 Å². The van der Waals surface area contributed by atoms with Crippen molar-refractivity contribution in [2.75, 3.05) is 0 Å². The Kier molecular flexibility index (Phi) is 3.82. The molecule has 26 heavy (non-hydrogen) atoms. The van der Waals surface area contributed by atoms with Crippen LogP contribution in [0.5, 0.6) is 0 Å². The number of urea groups is 1. The van der Waals surface area contributed by atoms with Gasteiger partial charge in [-0.1, -0.05) is 35.9 Å². The summed E-state index contributed by atoms with van der Waals surface area (Å²) in [5, 5.41) is 3.00. The summed E-state index contributed by atoms with van der Waals surface area (Å²) in [6.45, 7) is 0. The summed E-state index contributed by atoms with van der Waals surface area (Å²) in [5.41, 5.74) is 0.280. The summed E-state index contributed by atoms with van der Waals surface area (Å²) in [6, 6.07) is 11.7. The molecule has 3 amide bonds. The lowest BCUT2D eigenvalue weighted by atomic mass is 9.76. The first-order valence-electron chi connectivity index (χ1n) is 8.12. The monoisotopic (exact) mass is 390 g/mol. The quantitative estimate of drug-likeness (QED) is 0.799. The van der Waals surface area contributed by atoms with Gasteiger partial charge in [0.05, 0.1) is 4.90 Å². The molecule has 1 spiro atoms. The lowest BCUT2D eigenvalue weighted by molar-refractivity contribution is -0.128. The van der Waals surface area contributed by atoms with Gasteiger partial charge in [-0.2, -0.15) is 0 Å². The van der Waals surface area contributed by atoms with Gasteiger partial charge >= 0.3 is 6.03 Å². The number of sulfonamides is 1.